The molecule has 4 radical (unpaired) electrons. The van der Waals surface area contributed by atoms with Crippen LogP contribution in [-0.2, 0) is 4.43 Å². The molecule has 0 N–H and O–H groups in total. The molecule has 0 rings (SSSR count). The lowest BCUT2D eigenvalue weighted by Crippen LogP contribution is -1.96. The molecule has 0 saturated carbocycles. The van der Waals surface area contributed by atoms with Crippen molar-refractivity contribution in [2.45, 2.75) is 64.1 Å². The van der Waals surface area contributed by atoms with Crippen LogP contribution in [0, 0.1) is 0 Å². The summed E-state index contributed by atoms with van der Waals surface area (Å²) in [6.45, 7) is 5.26. The van der Waals surface area contributed by atoms with E-state index in [-0.39, 0.29) is 0 Å². The van der Waals surface area contributed by atoms with Gasteiger partial charge in [0.15, 0.2) is 0 Å². The molecule has 0 aromatic rings. The second-order valence-corrected chi connectivity index (χ2v) is 5.84. The first-order valence-electron chi connectivity index (χ1n) is 5.91. The maximum atomic E-state index is 5.32. The molecule has 0 aromatic carbocycles. The van der Waals surface area contributed by atoms with Crippen LogP contribution in [-0.4, -0.2) is 25.9 Å². The van der Waals surface area contributed by atoms with Gasteiger partial charge in [0.25, 0.3) is 0 Å². The van der Waals surface area contributed by atoms with Gasteiger partial charge >= 0.3 is 0 Å². The van der Waals surface area contributed by atoms with Crippen molar-refractivity contribution in [2.24, 2.45) is 0 Å². The maximum Gasteiger partial charge on any atom is 0.229 e. The zero-order valence-corrected chi connectivity index (χ0v) is 11.8. The molecule has 0 amide bonds. The highest BCUT2D eigenvalue weighted by Crippen LogP contribution is 2.08. The Balaban J connectivity index is 2.78. The number of rotatable bonds is 11. The zero-order valence-electron chi connectivity index (χ0n) is 9.77. The van der Waals surface area contributed by atoms with E-state index in [1.165, 1.54) is 50.6 Å². The predicted molar refractivity (Wildman–Crippen MR) is 66.3 cm³/mol. The highest BCUT2D eigenvalue weighted by Gasteiger charge is 1.93. The lowest BCUT2D eigenvalue weighted by Gasteiger charge is -2.01. The van der Waals surface area contributed by atoms with Crippen LogP contribution in [0.2, 0.25) is 18.6 Å². The van der Waals surface area contributed by atoms with Gasteiger partial charge in [0, 0.05) is 16.1 Å². The molecule has 0 saturated heterocycles. The molecule has 0 spiro atoms. The van der Waals surface area contributed by atoms with Crippen LogP contribution in [0.15, 0.2) is 0 Å². The van der Waals surface area contributed by atoms with Crippen molar-refractivity contribution < 1.29 is 4.43 Å². The Morgan fingerprint density at radius 1 is 0.857 bits per heavy atom. The molecule has 0 heterocycles. The third-order valence-electron chi connectivity index (χ3n) is 2.20. The van der Waals surface area contributed by atoms with Gasteiger partial charge in [0.1, 0.15) is 0 Å². The van der Waals surface area contributed by atoms with E-state index in [9.17, 15) is 0 Å². The summed E-state index contributed by atoms with van der Waals surface area (Å²) >= 11 is 0. The van der Waals surface area contributed by atoms with Crippen molar-refractivity contribution in [1.29, 1.82) is 0 Å². The standard InChI is InChI=1S/C11H24OSi2/c1-3-12-14-11-9-7-5-4-6-8-10-13-2/h3-11H2,1-2H3. The van der Waals surface area contributed by atoms with Crippen LogP contribution >= 0.6 is 0 Å². The van der Waals surface area contributed by atoms with Crippen LogP contribution in [0.25, 0.3) is 0 Å². The number of unbranched alkanes of at least 4 members (excludes halogenated alkanes) is 5. The van der Waals surface area contributed by atoms with E-state index < -0.39 is 0 Å². The predicted octanol–water partition coefficient (Wildman–Crippen LogP) is 3.57. The van der Waals surface area contributed by atoms with Crippen LogP contribution < -0.4 is 0 Å². The minimum absolute atomic E-state index is 0.746. The molecule has 0 atom stereocenters. The van der Waals surface area contributed by atoms with Gasteiger partial charge in [0.05, 0.1) is 0 Å². The number of hydrogen-bond acceptors (Lipinski definition) is 1. The van der Waals surface area contributed by atoms with Crippen molar-refractivity contribution in [2.75, 3.05) is 6.61 Å². The first-order chi connectivity index (χ1) is 6.91. The molecule has 0 aliphatic carbocycles. The van der Waals surface area contributed by atoms with Gasteiger partial charge in [0.2, 0.25) is 9.76 Å². The largest absolute Gasteiger partial charge is 0.418 e. The van der Waals surface area contributed by atoms with Crippen molar-refractivity contribution in [3.8, 4) is 0 Å². The van der Waals surface area contributed by atoms with Crippen LogP contribution in [0.5, 0.6) is 0 Å². The Morgan fingerprint density at radius 3 is 2.00 bits per heavy atom. The Bertz CT molecular complexity index is 87.3. The summed E-state index contributed by atoms with van der Waals surface area (Å²) in [5, 5.41) is 0. The first-order valence-corrected chi connectivity index (χ1v) is 8.73. The van der Waals surface area contributed by atoms with E-state index in [2.05, 4.69) is 13.5 Å². The maximum absolute atomic E-state index is 5.32. The molecule has 3 heteroatoms. The average Bonchev–Trinajstić information content (AvgIpc) is 2.21. The molecule has 82 valence electrons. The summed E-state index contributed by atoms with van der Waals surface area (Å²) in [6, 6.07) is 2.73. The Labute approximate surface area is 94.8 Å². The molecule has 14 heavy (non-hydrogen) atoms. The minimum Gasteiger partial charge on any atom is -0.418 e. The SMILES string of the molecule is CCO[Si]CCCCCCCC[Si]C. The van der Waals surface area contributed by atoms with E-state index in [1.807, 2.05) is 0 Å². The highest BCUT2D eigenvalue weighted by atomic mass is 28.2. The zero-order chi connectivity index (χ0) is 10.5. The van der Waals surface area contributed by atoms with Crippen molar-refractivity contribution in [3.05, 3.63) is 0 Å². The molecule has 0 aliphatic rings. The van der Waals surface area contributed by atoms with Crippen LogP contribution in [0.4, 0.5) is 0 Å². The van der Waals surface area contributed by atoms with Crippen LogP contribution in [0.3, 0.4) is 0 Å². The van der Waals surface area contributed by atoms with Crippen molar-refractivity contribution >= 4 is 19.3 Å². The van der Waals surface area contributed by atoms with E-state index in [4.69, 9.17) is 4.43 Å². The van der Waals surface area contributed by atoms with Gasteiger partial charge in [-0.15, -0.1) is 0 Å². The fourth-order valence-corrected chi connectivity index (χ4v) is 2.73. The van der Waals surface area contributed by atoms with Gasteiger partial charge in [-0.05, 0) is 13.0 Å². The smallest absolute Gasteiger partial charge is 0.229 e. The molecular formula is C11H24OSi2. The summed E-state index contributed by atoms with van der Waals surface area (Å²) in [7, 11) is 1.90. The van der Waals surface area contributed by atoms with Gasteiger partial charge < -0.3 is 4.43 Å². The van der Waals surface area contributed by atoms with E-state index in [1.54, 1.807) is 0 Å². The van der Waals surface area contributed by atoms with E-state index in [0.717, 1.165) is 25.9 Å². The summed E-state index contributed by atoms with van der Waals surface area (Å²) in [5.74, 6) is 0. The highest BCUT2D eigenvalue weighted by molar-refractivity contribution is 6.33. The summed E-state index contributed by atoms with van der Waals surface area (Å²) in [4.78, 5) is 0. The van der Waals surface area contributed by atoms with Gasteiger partial charge in [-0.3, -0.25) is 0 Å². The summed E-state index contributed by atoms with van der Waals surface area (Å²) in [6.07, 6.45) is 8.57. The minimum atomic E-state index is 0.746. The normalized spacial score (nSPS) is 10.7. The molecule has 1 nitrogen and oxygen atoms in total. The third-order valence-corrected chi connectivity index (χ3v) is 4.11. The lowest BCUT2D eigenvalue weighted by atomic mass is 10.1. The average molecular weight is 228 g/mol. The second kappa shape index (κ2) is 13.4. The molecule has 0 aromatic heterocycles. The summed E-state index contributed by atoms with van der Waals surface area (Å²) < 4.78 is 5.32. The van der Waals surface area contributed by atoms with Gasteiger partial charge in [-0.2, -0.15) is 0 Å². The van der Waals surface area contributed by atoms with Gasteiger partial charge in [-0.1, -0.05) is 51.1 Å². The molecule has 0 aliphatic heterocycles. The van der Waals surface area contributed by atoms with E-state index in [0.29, 0.717) is 0 Å². The Kier molecular flexibility index (Phi) is 13.8. The Hall–Kier alpha value is 0.394. The molecule has 0 unspecified atom stereocenters. The van der Waals surface area contributed by atoms with Crippen molar-refractivity contribution in [1.82, 2.24) is 0 Å². The molecule has 0 fully saturated rings. The Morgan fingerprint density at radius 2 is 1.43 bits per heavy atom. The monoisotopic (exact) mass is 228 g/mol. The first kappa shape index (κ1) is 14.4. The fourth-order valence-electron chi connectivity index (χ4n) is 1.38. The quantitative estimate of drug-likeness (QED) is 0.388. The fraction of sp³-hybridized carbons (Fsp3) is 1.00. The molecular weight excluding hydrogens is 204 g/mol. The molecule has 0 bridgehead atoms. The second-order valence-electron chi connectivity index (χ2n) is 3.55. The number of hydrogen-bond donors (Lipinski definition) is 0. The van der Waals surface area contributed by atoms with E-state index >= 15 is 0 Å². The topological polar surface area (TPSA) is 9.23 Å². The summed E-state index contributed by atoms with van der Waals surface area (Å²) in [5.41, 5.74) is 0. The van der Waals surface area contributed by atoms with Crippen molar-refractivity contribution in [3.63, 3.8) is 0 Å². The lowest BCUT2D eigenvalue weighted by molar-refractivity contribution is 0.358. The van der Waals surface area contributed by atoms with Crippen LogP contribution in [0.1, 0.15) is 45.4 Å². The third kappa shape index (κ3) is 12.4. The van der Waals surface area contributed by atoms with Gasteiger partial charge in [-0.25, -0.2) is 0 Å².